The maximum absolute atomic E-state index is 11.7. The van der Waals surface area contributed by atoms with Crippen molar-refractivity contribution in [2.45, 2.75) is 38.5 Å². The van der Waals surface area contributed by atoms with E-state index >= 15 is 0 Å². The number of hydrogen-bond acceptors (Lipinski definition) is 2. The number of nitrogens with one attached hydrogen (secondary N) is 1. The van der Waals surface area contributed by atoms with Gasteiger partial charge in [0, 0.05) is 13.0 Å². The Kier molecular flexibility index (Phi) is 4.36. The van der Waals surface area contributed by atoms with Gasteiger partial charge in [-0.3, -0.25) is 9.59 Å². The van der Waals surface area contributed by atoms with Gasteiger partial charge in [0.1, 0.15) is 5.41 Å². The molecule has 2 N–H and O–H groups in total. The number of unbranched alkanes of at least 4 members (excludes halogenated alkanes) is 2. The summed E-state index contributed by atoms with van der Waals surface area (Å²) in [6.07, 6.45) is 9.17. The molecule has 0 bridgehead atoms. The zero-order chi connectivity index (χ0) is 12.0. The number of carbonyl (C=O) groups is 2. The van der Waals surface area contributed by atoms with E-state index in [0.29, 0.717) is 25.8 Å². The van der Waals surface area contributed by atoms with Crippen molar-refractivity contribution in [3.63, 3.8) is 0 Å². The van der Waals surface area contributed by atoms with Crippen LogP contribution in [-0.4, -0.2) is 23.5 Å². The van der Waals surface area contributed by atoms with E-state index in [1.54, 1.807) is 0 Å². The van der Waals surface area contributed by atoms with Gasteiger partial charge in [-0.05, 0) is 25.7 Å². The van der Waals surface area contributed by atoms with Crippen LogP contribution in [-0.2, 0) is 9.59 Å². The fourth-order valence-electron chi connectivity index (χ4n) is 1.79. The van der Waals surface area contributed by atoms with E-state index < -0.39 is 11.4 Å². The minimum absolute atomic E-state index is 0.341. The number of terminal acetylenes is 1. The normalized spacial score (nSPS) is 16.9. The van der Waals surface area contributed by atoms with Crippen LogP contribution < -0.4 is 5.32 Å². The van der Waals surface area contributed by atoms with Crippen molar-refractivity contribution in [2.75, 3.05) is 6.54 Å². The molecule has 0 aliphatic heterocycles. The van der Waals surface area contributed by atoms with Crippen LogP contribution >= 0.6 is 0 Å². The topological polar surface area (TPSA) is 66.4 Å². The summed E-state index contributed by atoms with van der Waals surface area (Å²) in [6, 6.07) is 0. The lowest BCUT2D eigenvalue weighted by molar-refractivity contribution is -0.162. The molecule has 1 amide bonds. The smallest absolute Gasteiger partial charge is 0.319 e. The summed E-state index contributed by atoms with van der Waals surface area (Å²) in [7, 11) is 0. The molecule has 0 aromatic carbocycles. The fourth-order valence-corrected chi connectivity index (χ4v) is 1.79. The predicted octanol–water partition coefficient (Wildman–Crippen LogP) is 1.16. The minimum Gasteiger partial charge on any atom is -0.480 e. The second-order valence-corrected chi connectivity index (χ2v) is 4.16. The monoisotopic (exact) mass is 223 g/mol. The van der Waals surface area contributed by atoms with E-state index in [1.807, 2.05) is 0 Å². The Morgan fingerprint density at radius 2 is 2.06 bits per heavy atom. The number of carboxylic acids is 1. The van der Waals surface area contributed by atoms with Gasteiger partial charge in [0.05, 0.1) is 0 Å². The Morgan fingerprint density at radius 3 is 2.50 bits per heavy atom. The lowest BCUT2D eigenvalue weighted by atomic mass is 9.68. The van der Waals surface area contributed by atoms with Crippen molar-refractivity contribution in [2.24, 2.45) is 5.41 Å². The van der Waals surface area contributed by atoms with E-state index in [2.05, 4.69) is 11.2 Å². The summed E-state index contributed by atoms with van der Waals surface area (Å²) in [5, 5.41) is 11.7. The lowest BCUT2D eigenvalue weighted by Gasteiger charge is -2.35. The maximum Gasteiger partial charge on any atom is 0.319 e. The lowest BCUT2D eigenvalue weighted by Crippen LogP contribution is -2.51. The first-order chi connectivity index (χ1) is 7.63. The molecule has 0 heterocycles. The number of carboxylic acid groups (broad SMARTS) is 1. The van der Waals surface area contributed by atoms with Gasteiger partial charge in [-0.1, -0.05) is 6.42 Å². The van der Waals surface area contributed by atoms with Gasteiger partial charge in [-0.25, -0.2) is 0 Å². The molecule has 0 aromatic heterocycles. The number of carbonyl (C=O) groups excluding carboxylic acids is 1. The Bertz CT molecular complexity index is 313. The molecule has 0 spiro atoms. The molecule has 88 valence electrons. The van der Waals surface area contributed by atoms with Gasteiger partial charge in [0.15, 0.2) is 0 Å². The van der Waals surface area contributed by atoms with Crippen molar-refractivity contribution in [3.8, 4) is 12.3 Å². The molecule has 0 saturated heterocycles. The second kappa shape index (κ2) is 5.55. The zero-order valence-electron chi connectivity index (χ0n) is 9.29. The molecule has 1 rings (SSSR count). The number of aliphatic carboxylic acids is 1. The molecule has 16 heavy (non-hydrogen) atoms. The van der Waals surface area contributed by atoms with Crippen molar-refractivity contribution in [1.82, 2.24) is 5.32 Å². The maximum atomic E-state index is 11.7. The Balaban J connectivity index is 2.29. The van der Waals surface area contributed by atoms with Gasteiger partial charge >= 0.3 is 5.97 Å². The molecule has 1 saturated carbocycles. The van der Waals surface area contributed by atoms with Crippen LogP contribution in [0.25, 0.3) is 0 Å². The predicted molar refractivity (Wildman–Crippen MR) is 59.6 cm³/mol. The van der Waals surface area contributed by atoms with E-state index in [1.165, 1.54) is 0 Å². The Labute approximate surface area is 95.4 Å². The Morgan fingerprint density at radius 1 is 1.38 bits per heavy atom. The fraction of sp³-hybridized carbons (Fsp3) is 0.667. The largest absolute Gasteiger partial charge is 0.480 e. The molecule has 1 aliphatic carbocycles. The summed E-state index contributed by atoms with van der Waals surface area (Å²) in [5.74, 6) is 1.18. The standard InChI is InChI=1S/C12H17NO3/c1-2-3-4-5-9-13-10(14)12(11(15)16)7-6-8-12/h1H,3-9H2,(H,13,14)(H,15,16). The summed E-state index contributed by atoms with van der Waals surface area (Å²) in [5.41, 5.74) is -1.15. The first-order valence-electron chi connectivity index (χ1n) is 5.58. The van der Waals surface area contributed by atoms with E-state index in [4.69, 9.17) is 11.5 Å². The van der Waals surface area contributed by atoms with Crippen LogP contribution in [0.4, 0.5) is 0 Å². The van der Waals surface area contributed by atoms with E-state index in [-0.39, 0.29) is 5.91 Å². The highest BCUT2D eigenvalue weighted by Gasteiger charge is 2.50. The van der Waals surface area contributed by atoms with Crippen molar-refractivity contribution >= 4 is 11.9 Å². The first kappa shape index (κ1) is 12.6. The number of amides is 1. The molecule has 0 atom stereocenters. The molecule has 1 aliphatic rings. The van der Waals surface area contributed by atoms with Crippen LogP contribution in [0.5, 0.6) is 0 Å². The summed E-state index contributed by atoms with van der Waals surface area (Å²) in [6.45, 7) is 0.509. The average Bonchev–Trinajstić information content (AvgIpc) is 2.15. The quantitative estimate of drug-likeness (QED) is 0.403. The highest BCUT2D eigenvalue weighted by Crippen LogP contribution is 2.41. The van der Waals surface area contributed by atoms with Crippen molar-refractivity contribution in [3.05, 3.63) is 0 Å². The molecule has 0 aromatic rings. The minimum atomic E-state index is -1.15. The van der Waals surface area contributed by atoms with Gasteiger partial charge in [-0.2, -0.15) is 0 Å². The molecule has 1 fully saturated rings. The van der Waals surface area contributed by atoms with Crippen LogP contribution in [0, 0.1) is 17.8 Å². The molecule has 4 heteroatoms. The van der Waals surface area contributed by atoms with Crippen molar-refractivity contribution in [1.29, 1.82) is 0 Å². The third kappa shape index (κ3) is 2.54. The van der Waals surface area contributed by atoms with Gasteiger partial charge in [-0.15, -0.1) is 12.3 Å². The van der Waals surface area contributed by atoms with Crippen LogP contribution in [0.1, 0.15) is 38.5 Å². The van der Waals surface area contributed by atoms with E-state index in [0.717, 1.165) is 19.3 Å². The first-order valence-corrected chi connectivity index (χ1v) is 5.58. The third-order valence-electron chi connectivity index (χ3n) is 3.08. The summed E-state index contributed by atoms with van der Waals surface area (Å²) in [4.78, 5) is 22.7. The summed E-state index contributed by atoms with van der Waals surface area (Å²) >= 11 is 0. The molecular weight excluding hydrogens is 206 g/mol. The van der Waals surface area contributed by atoms with Gasteiger partial charge < -0.3 is 10.4 Å². The third-order valence-corrected chi connectivity index (χ3v) is 3.08. The van der Waals surface area contributed by atoms with Gasteiger partial charge in [0.25, 0.3) is 0 Å². The SMILES string of the molecule is C#CCCCCNC(=O)C1(C(=O)O)CCC1. The van der Waals surface area contributed by atoms with Crippen molar-refractivity contribution < 1.29 is 14.7 Å². The summed E-state index contributed by atoms with van der Waals surface area (Å²) < 4.78 is 0. The number of hydrogen-bond donors (Lipinski definition) is 2. The Hall–Kier alpha value is -1.50. The van der Waals surface area contributed by atoms with Crippen LogP contribution in [0.2, 0.25) is 0 Å². The molecule has 0 radical (unpaired) electrons. The highest BCUT2D eigenvalue weighted by molar-refractivity contribution is 6.02. The highest BCUT2D eigenvalue weighted by atomic mass is 16.4. The molecular formula is C12H17NO3. The van der Waals surface area contributed by atoms with Crippen LogP contribution in [0.3, 0.4) is 0 Å². The molecule has 0 unspecified atom stereocenters. The van der Waals surface area contributed by atoms with E-state index in [9.17, 15) is 9.59 Å². The van der Waals surface area contributed by atoms with Crippen LogP contribution in [0.15, 0.2) is 0 Å². The average molecular weight is 223 g/mol. The molecule has 4 nitrogen and oxygen atoms in total. The second-order valence-electron chi connectivity index (χ2n) is 4.16. The zero-order valence-corrected chi connectivity index (χ0v) is 9.29. The number of rotatable bonds is 6. The van der Waals surface area contributed by atoms with Gasteiger partial charge in [0.2, 0.25) is 5.91 Å².